The van der Waals surface area contributed by atoms with E-state index in [9.17, 15) is 0 Å². The SMILES string of the molecule is CCNC(c1cccs1)c1ccc2c3c(cccc13)CC2. The minimum atomic E-state index is 0.305. The Balaban J connectivity index is 1.93. The van der Waals surface area contributed by atoms with Crippen molar-refractivity contribution in [3.05, 3.63) is 69.4 Å². The van der Waals surface area contributed by atoms with Crippen LogP contribution in [0, 0.1) is 0 Å². The quantitative estimate of drug-likeness (QED) is 0.735. The zero-order valence-electron chi connectivity index (χ0n) is 12.2. The van der Waals surface area contributed by atoms with Crippen LogP contribution in [0.1, 0.15) is 34.5 Å². The average Bonchev–Trinajstić information content (AvgIpc) is 3.17. The fourth-order valence-electron chi connectivity index (χ4n) is 3.54. The molecule has 21 heavy (non-hydrogen) atoms. The Morgan fingerprint density at radius 3 is 2.67 bits per heavy atom. The second-order valence-corrected chi connectivity index (χ2v) is 6.64. The van der Waals surface area contributed by atoms with Gasteiger partial charge < -0.3 is 5.32 Å². The predicted molar refractivity (Wildman–Crippen MR) is 91.2 cm³/mol. The van der Waals surface area contributed by atoms with Gasteiger partial charge in [-0.25, -0.2) is 0 Å². The summed E-state index contributed by atoms with van der Waals surface area (Å²) in [6, 6.07) is 16.2. The Morgan fingerprint density at radius 2 is 1.90 bits per heavy atom. The highest BCUT2D eigenvalue weighted by Crippen LogP contribution is 2.37. The Morgan fingerprint density at radius 1 is 1.05 bits per heavy atom. The Hall–Kier alpha value is -1.64. The number of hydrogen-bond donors (Lipinski definition) is 1. The molecule has 106 valence electrons. The first-order valence-electron chi connectivity index (χ1n) is 7.68. The molecule has 1 aromatic heterocycles. The molecule has 4 rings (SSSR count). The fraction of sp³-hybridized carbons (Fsp3) is 0.263. The van der Waals surface area contributed by atoms with Crippen molar-refractivity contribution in [1.29, 1.82) is 0 Å². The lowest BCUT2D eigenvalue weighted by molar-refractivity contribution is 0.643. The summed E-state index contributed by atoms with van der Waals surface area (Å²) in [6.07, 6.45) is 2.39. The fourth-order valence-corrected chi connectivity index (χ4v) is 4.36. The van der Waals surface area contributed by atoms with Crippen LogP contribution in [0.3, 0.4) is 0 Å². The lowest BCUT2D eigenvalue weighted by atomic mass is 9.95. The zero-order valence-corrected chi connectivity index (χ0v) is 13.0. The van der Waals surface area contributed by atoms with Crippen molar-refractivity contribution in [2.45, 2.75) is 25.8 Å². The van der Waals surface area contributed by atoms with Crippen LogP contribution in [0.2, 0.25) is 0 Å². The van der Waals surface area contributed by atoms with Gasteiger partial charge in [0.1, 0.15) is 0 Å². The van der Waals surface area contributed by atoms with Gasteiger partial charge in [-0.1, -0.05) is 43.3 Å². The molecule has 0 radical (unpaired) electrons. The van der Waals surface area contributed by atoms with Crippen molar-refractivity contribution in [3.63, 3.8) is 0 Å². The smallest absolute Gasteiger partial charge is 0.0676 e. The van der Waals surface area contributed by atoms with Crippen molar-refractivity contribution < 1.29 is 0 Å². The molecule has 2 heteroatoms. The molecule has 0 fully saturated rings. The van der Waals surface area contributed by atoms with E-state index in [2.05, 4.69) is 60.1 Å². The molecule has 0 saturated carbocycles. The number of aryl methyl sites for hydroxylation is 2. The van der Waals surface area contributed by atoms with E-state index >= 15 is 0 Å². The van der Waals surface area contributed by atoms with Gasteiger partial charge >= 0.3 is 0 Å². The van der Waals surface area contributed by atoms with Crippen molar-refractivity contribution in [2.24, 2.45) is 0 Å². The molecule has 0 saturated heterocycles. The number of thiophene rings is 1. The van der Waals surface area contributed by atoms with Gasteiger partial charge in [0, 0.05) is 4.88 Å². The maximum Gasteiger partial charge on any atom is 0.0676 e. The van der Waals surface area contributed by atoms with Crippen LogP contribution in [0.4, 0.5) is 0 Å². The molecule has 1 atom stereocenters. The molecule has 0 bridgehead atoms. The van der Waals surface area contributed by atoms with Gasteiger partial charge in [0.05, 0.1) is 6.04 Å². The number of rotatable bonds is 4. The van der Waals surface area contributed by atoms with Gasteiger partial charge in [0.2, 0.25) is 0 Å². The summed E-state index contributed by atoms with van der Waals surface area (Å²) in [5.41, 5.74) is 4.46. The van der Waals surface area contributed by atoms with Crippen molar-refractivity contribution in [3.8, 4) is 0 Å². The van der Waals surface area contributed by atoms with E-state index in [-0.39, 0.29) is 0 Å². The third-order valence-corrected chi connectivity index (χ3v) is 5.39. The Kier molecular flexibility index (Phi) is 3.28. The van der Waals surface area contributed by atoms with Crippen LogP contribution >= 0.6 is 11.3 Å². The third kappa shape index (κ3) is 2.10. The average molecular weight is 293 g/mol. The first-order chi connectivity index (χ1) is 10.4. The largest absolute Gasteiger partial charge is 0.306 e. The Bertz CT molecular complexity index is 763. The molecule has 0 aliphatic heterocycles. The van der Waals surface area contributed by atoms with E-state index in [1.54, 1.807) is 0 Å². The number of benzene rings is 2. The van der Waals surface area contributed by atoms with E-state index in [1.807, 2.05) is 11.3 Å². The molecule has 0 spiro atoms. The monoisotopic (exact) mass is 293 g/mol. The van der Waals surface area contributed by atoms with Gasteiger partial charge in [0.15, 0.2) is 0 Å². The van der Waals surface area contributed by atoms with Crippen LogP contribution < -0.4 is 5.32 Å². The normalized spacial score (nSPS) is 14.7. The van der Waals surface area contributed by atoms with Crippen molar-refractivity contribution >= 4 is 22.1 Å². The summed E-state index contributed by atoms with van der Waals surface area (Å²) in [4.78, 5) is 1.40. The molecule has 2 aromatic carbocycles. The molecule has 1 N–H and O–H groups in total. The van der Waals surface area contributed by atoms with E-state index in [0.29, 0.717) is 6.04 Å². The van der Waals surface area contributed by atoms with E-state index in [4.69, 9.17) is 0 Å². The molecule has 1 aliphatic carbocycles. The molecule has 0 amide bonds. The van der Waals surface area contributed by atoms with Gasteiger partial charge in [0.25, 0.3) is 0 Å². The highest BCUT2D eigenvalue weighted by molar-refractivity contribution is 7.10. The van der Waals surface area contributed by atoms with Crippen LogP contribution in [0.5, 0.6) is 0 Å². The van der Waals surface area contributed by atoms with Crippen molar-refractivity contribution in [1.82, 2.24) is 5.32 Å². The molecule has 3 aromatic rings. The third-order valence-electron chi connectivity index (χ3n) is 4.46. The minimum Gasteiger partial charge on any atom is -0.306 e. The van der Waals surface area contributed by atoms with E-state index in [1.165, 1.54) is 45.2 Å². The summed E-state index contributed by atoms with van der Waals surface area (Å²) in [6.45, 7) is 3.16. The number of nitrogens with one attached hydrogen (secondary N) is 1. The van der Waals surface area contributed by atoms with Gasteiger partial charge in [-0.2, -0.15) is 0 Å². The second kappa shape index (κ2) is 5.28. The highest BCUT2D eigenvalue weighted by atomic mass is 32.1. The predicted octanol–water partition coefficient (Wildman–Crippen LogP) is 4.70. The van der Waals surface area contributed by atoms with Crippen molar-refractivity contribution in [2.75, 3.05) is 6.54 Å². The summed E-state index contributed by atoms with van der Waals surface area (Å²) in [5, 5.41) is 8.77. The maximum absolute atomic E-state index is 3.66. The molecular formula is C19H19NS. The van der Waals surface area contributed by atoms with Crippen LogP contribution in [-0.4, -0.2) is 6.54 Å². The van der Waals surface area contributed by atoms with Gasteiger partial charge in [-0.3, -0.25) is 0 Å². The lowest BCUT2D eigenvalue weighted by Gasteiger charge is -2.20. The van der Waals surface area contributed by atoms with Crippen LogP contribution in [-0.2, 0) is 12.8 Å². The summed E-state index contributed by atoms with van der Waals surface area (Å²) < 4.78 is 0. The van der Waals surface area contributed by atoms with E-state index < -0.39 is 0 Å². The number of hydrogen-bond acceptors (Lipinski definition) is 2. The first kappa shape index (κ1) is 13.1. The van der Waals surface area contributed by atoms with Gasteiger partial charge in [-0.05, 0) is 58.3 Å². The van der Waals surface area contributed by atoms with Crippen LogP contribution in [0.15, 0.2) is 47.8 Å². The lowest BCUT2D eigenvalue weighted by Crippen LogP contribution is -2.21. The van der Waals surface area contributed by atoms with Gasteiger partial charge in [-0.15, -0.1) is 11.3 Å². The summed E-state index contributed by atoms with van der Waals surface area (Å²) in [7, 11) is 0. The molecule has 1 unspecified atom stereocenters. The molecule has 1 nitrogen and oxygen atoms in total. The van der Waals surface area contributed by atoms with Crippen LogP contribution in [0.25, 0.3) is 10.8 Å². The second-order valence-electron chi connectivity index (χ2n) is 5.66. The molecule has 1 heterocycles. The highest BCUT2D eigenvalue weighted by Gasteiger charge is 2.21. The summed E-state index contributed by atoms with van der Waals surface area (Å²) in [5.74, 6) is 0. The first-order valence-corrected chi connectivity index (χ1v) is 8.56. The standard InChI is InChI=1S/C19H19NS/c1-2-20-19(17-7-4-12-21-17)16-11-10-14-9-8-13-5-3-6-15(16)18(13)14/h3-7,10-12,19-20H,2,8-9H2,1H3. The minimum absolute atomic E-state index is 0.305. The van der Waals surface area contributed by atoms with E-state index in [0.717, 1.165) is 6.54 Å². The molecule has 1 aliphatic rings. The maximum atomic E-state index is 3.66. The topological polar surface area (TPSA) is 12.0 Å². The summed E-state index contributed by atoms with van der Waals surface area (Å²) >= 11 is 1.84. The Labute approximate surface area is 129 Å². The zero-order chi connectivity index (χ0) is 14.2. The molecular weight excluding hydrogens is 274 g/mol.